The molecule has 0 atom stereocenters. The highest BCUT2D eigenvalue weighted by atomic mass is 16.5. The van der Waals surface area contributed by atoms with Crippen LogP contribution in [-0.4, -0.2) is 44.0 Å². The van der Waals surface area contributed by atoms with Gasteiger partial charge < -0.3 is 19.9 Å². The smallest absolute Gasteiger partial charge is 0.335 e. The second kappa shape index (κ2) is 7.43. The Morgan fingerprint density at radius 1 is 1.33 bits per heavy atom. The maximum atomic E-state index is 10.7. The van der Waals surface area contributed by atoms with Gasteiger partial charge in [0.2, 0.25) is 0 Å². The first-order valence-electron chi connectivity index (χ1n) is 7.34. The molecule has 1 heterocycles. The number of hydrogen-bond acceptors (Lipinski definition) is 4. The number of ether oxygens (including phenoxy) is 2. The van der Waals surface area contributed by atoms with E-state index in [1.165, 1.54) is 0 Å². The van der Waals surface area contributed by atoms with Crippen LogP contribution in [0.25, 0.3) is 0 Å². The lowest BCUT2D eigenvalue weighted by Crippen LogP contribution is -2.38. The summed E-state index contributed by atoms with van der Waals surface area (Å²) in [5.74, 6) is -0.230. The molecule has 1 fully saturated rings. The number of benzene rings is 1. The zero-order valence-corrected chi connectivity index (χ0v) is 12.4. The van der Waals surface area contributed by atoms with Gasteiger partial charge in [-0.3, -0.25) is 0 Å². The molecular formula is C16H23NO4. The molecule has 1 aromatic carbocycles. The topological polar surface area (TPSA) is 67.8 Å². The molecule has 1 aromatic rings. The molecule has 0 bridgehead atoms. The van der Waals surface area contributed by atoms with Gasteiger partial charge in [-0.1, -0.05) is 6.92 Å². The summed E-state index contributed by atoms with van der Waals surface area (Å²) in [5.41, 5.74) is 0.592. The Kier molecular flexibility index (Phi) is 5.59. The Balaban J connectivity index is 1.64. The van der Waals surface area contributed by atoms with Crippen LogP contribution < -0.4 is 10.1 Å². The average Bonchev–Trinajstić information content (AvgIpc) is 2.48. The zero-order chi connectivity index (χ0) is 15.1. The molecule has 1 saturated heterocycles. The number of aromatic carboxylic acids is 1. The van der Waals surface area contributed by atoms with Gasteiger partial charge >= 0.3 is 5.97 Å². The Bertz CT molecular complexity index is 452. The monoisotopic (exact) mass is 293 g/mol. The third kappa shape index (κ3) is 5.02. The number of carboxylic acids is 1. The minimum absolute atomic E-state index is 0.271. The molecule has 21 heavy (non-hydrogen) atoms. The molecule has 0 unspecified atom stereocenters. The molecule has 5 heteroatoms. The van der Waals surface area contributed by atoms with Gasteiger partial charge in [0.15, 0.2) is 0 Å². The standard InChI is InChI=1S/C16H23NO4/c1-16(6-9-20-10-7-16)12-17-8-11-21-14-4-2-13(3-5-14)15(18)19/h2-5,17H,6-12H2,1H3,(H,18,19). The van der Waals surface area contributed by atoms with Gasteiger partial charge in [0.25, 0.3) is 0 Å². The highest BCUT2D eigenvalue weighted by Gasteiger charge is 2.26. The fourth-order valence-electron chi connectivity index (χ4n) is 2.37. The van der Waals surface area contributed by atoms with Crippen molar-refractivity contribution in [3.8, 4) is 5.75 Å². The van der Waals surface area contributed by atoms with Crippen molar-refractivity contribution in [3.05, 3.63) is 29.8 Å². The maximum Gasteiger partial charge on any atom is 0.335 e. The van der Waals surface area contributed by atoms with Gasteiger partial charge in [-0.2, -0.15) is 0 Å². The first kappa shape index (κ1) is 15.8. The summed E-state index contributed by atoms with van der Waals surface area (Å²) in [6.07, 6.45) is 2.19. The van der Waals surface area contributed by atoms with Gasteiger partial charge in [0.05, 0.1) is 5.56 Å². The second-order valence-electron chi connectivity index (χ2n) is 5.78. The van der Waals surface area contributed by atoms with Crippen LogP contribution in [0.2, 0.25) is 0 Å². The van der Waals surface area contributed by atoms with Crippen molar-refractivity contribution in [2.75, 3.05) is 32.9 Å². The zero-order valence-electron chi connectivity index (χ0n) is 12.4. The summed E-state index contributed by atoms with van der Waals surface area (Å²) in [4.78, 5) is 10.7. The van der Waals surface area contributed by atoms with Gasteiger partial charge in [-0.05, 0) is 42.5 Å². The van der Waals surface area contributed by atoms with Crippen LogP contribution in [0, 0.1) is 5.41 Å². The van der Waals surface area contributed by atoms with E-state index in [-0.39, 0.29) is 5.56 Å². The number of hydrogen-bond donors (Lipinski definition) is 2. The minimum Gasteiger partial charge on any atom is -0.492 e. The fourth-order valence-corrected chi connectivity index (χ4v) is 2.37. The molecule has 0 aliphatic carbocycles. The maximum absolute atomic E-state index is 10.7. The molecule has 1 aliphatic heterocycles. The summed E-state index contributed by atoms with van der Waals surface area (Å²) in [6, 6.07) is 6.47. The number of carbonyl (C=O) groups is 1. The molecule has 5 nitrogen and oxygen atoms in total. The summed E-state index contributed by atoms with van der Waals surface area (Å²) in [7, 11) is 0. The van der Waals surface area contributed by atoms with E-state index in [1.807, 2.05) is 0 Å². The Hall–Kier alpha value is -1.59. The fraction of sp³-hybridized carbons (Fsp3) is 0.562. The molecule has 2 rings (SSSR count). The Labute approximate surface area is 125 Å². The molecule has 0 aromatic heterocycles. The number of rotatable bonds is 7. The second-order valence-corrected chi connectivity index (χ2v) is 5.78. The van der Waals surface area contributed by atoms with Crippen molar-refractivity contribution < 1.29 is 19.4 Å². The summed E-state index contributed by atoms with van der Waals surface area (Å²) >= 11 is 0. The highest BCUT2D eigenvalue weighted by Crippen LogP contribution is 2.28. The van der Waals surface area contributed by atoms with Gasteiger partial charge in [0.1, 0.15) is 12.4 Å². The number of nitrogens with one attached hydrogen (secondary N) is 1. The van der Waals surface area contributed by atoms with E-state index in [9.17, 15) is 4.79 Å². The van der Waals surface area contributed by atoms with Crippen molar-refractivity contribution in [1.29, 1.82) is 0 Å². The normalized spacial score (nSPS) is 17.4. The predicted octanol–water partition coefficient (Wildman–Crippen LogP) is 2.17. The van der Waals surface area contributed by atoms with Crippen molar-refractivity contribution in [3.63, 3.8) is 0 Å². The van der Waals surface area contributed by atoms with Crippen molar-refractivity contribution in [1.82, 2.24) is 5.32 Å². The highest BCUT2D eigenvalue weighted by molar-refractivity contribution is 5.87. The Morgan fingerprint density at radius 2 is 2.00 bits per heavy atom. The summed E-state index contributed by atoms with van der Waals surface area (Å²) in [5, 5.41) is 12.2. The molecule has 116 valence electrons. The summed E-state index contributed by atoms with van der Waals surface area (Å²) < 4.78 is 11.0. The lowest BCUT2D eigenvalue weighted by Gasteiger charge is -2.33. The third-order valence-corrected chi connectivity index (χ3v) is 3.90. The van der Waals surface area contributed by atoms with Crippen LogP contribution >= 0.6 is 0 Å². The van der Waals surface area contributed by atoms with Crippen molar-refractivity contribution in [2.45, 2.75) is 19.8 Å². The van der Waals surface area contributed by atoms with E-state index in [0.29, 0.717) is 17.8 Å². The van der Waals surface area contributed by atoms with Crippen LogP contribution in [0.4, 0.5) is 0 Å². The third-order valence-electron chi connectivity index (χ3n) is 3.90. The van der Waals surface area contributed by atoms with E-state index < -0.39 is 5.97 Å². The van der Waals surface area contributed by atoms with Crippen LogP contribution in [0.1, 0.15) is 30.1 Å². The van der Waals surface area contributed by atoms with Crippen LogP contribution in [0.15, 0.2) is 24.3 Å². The van der Waals surface area contributed by atoms with E-state index in [1.54, 1.807) is 24.3 Å². The van der Waals surface area contributed by atoms with E-state index in [4.69, 9.17) is 14.6 Å². The quantitative estimate of drug-likeness (QED) is 0.754. The van der Waals surface area contributed by atoms with Crippen LogP contribution in [-0.2, 0) is 4.74 Å². The SMILES string of the molecule is CC1(CNCCOc2ccc(C(=O)O)cc2)CCOCC1. The molecule has 1 aliphatic rings. The lowest BCUT2D eigenvalue weighted by molar-refractivity contribution is 0.0239. The van der Waals surface area contributed by atoms with Gasteiger partial charge in [-0.15, -0.1) is 0 Å². The lowest BCUT2D eigenvalue weighted by atomic mass is 9.82. The van der Waals surface area contributed by atoms with E-state index in [0.717, 1.165) is 39.1 Å². The first-order valence-corrected chi connectivity index (χ1v) is 7.34. The molecule has 0 saturated carbocycles. The van der Waals surface area contributed by atoms with Gasteiger partial charge in [0, 0.05) is 26.3 Å². The largest absolute Gasteiger partial charge is 0.492 e. The van der Waals surface area contributed by atoms with E-state index >= 15 is 0 Å². The minimum atomic E-state index is -0.923. The molecular weight excluding hydrogens is 270 g/mol. The molecule has 2 N–H and O–H groups in total. The first-order chi connectivity index (χ1) is 10.1. The van der Waals surface area contributed by atoms with Crippen LogP contribution in [0.3, 0.4) is 0 Å². The predicted molar refractivity (Wildman–Crippen MR) is 79.9 cm³/mol. The molecule has 0 radical (unpaired) electrons. The van der Waals surface area contributed by atoms with Crippen molar-refractivity contribution in [2.24, 2.45) is 5.41 Å². The molecule has 0 amide bonds. The Morgan fingerprint density at radius 3 is 2.62 bits per heavy atom. The van der Waals surface area contributed by atoms with Gasteiger partial charge in [-0.25, -0.2) is 4.79 Å². The van der Waals surface area contributed by atoms with Crippen LogP contribution in [0.5, 0.6) is 5.75 Å². The van der Waals surface area contributed by atoms with E-state index in [2.05, 4.69) is 12.2 Å². The average molecular weight is 293 g/mol. The molecule has 0 spiro atoms. The van der Waals surface area contributed by atoms with Crippen molar-refractivity contribution >= 4 is 5.97 Å². The number of carboxylic acid groups (broad SMARTS) is 1. The summed E-state index contributed by atoms with van der Waals surface area (Å²) in [6.45, 7) is 6.30.